The van der Waals surface area contributed by atoms with Crippen molar-refractivity contribution in [3.05, 3.63) is 23.3 Å². The van der Waals surface area contributed by atoms with Crippen molar-refractivity contribution in [2.24, 2.45) is 0 Å². The van der Waals surface area contributed by atoms with Crippen LogP contribution in [-0.2, 0) is 11.2 Å². The zero-order chi connectivity index (χ0) is 19.5. The van der Waals surface area contributed by atoms with E-state index in [1.54, 1.807) is 0 Å². The van der Waals surface area contributed by atoms with Crippen LogP contribution < -0.4 is 10.2 Å². The van der Waals surface area contributed by atoms with Crippen LogP contribution in [0.1, 0.15) is 35.7 Å². The molecule has 10 heteroatoms. The molecule has 2 rings (SSSR count). The van der Waals surface area contributed by atoms with E-state index in [4.69, 9.17) is 9.94 Å². The van der Waals surface area contributed by atoms with E-state index in [1.807, 2.05) is 6.92 Å². The Morgan fingerprint density at radius 3 is 2.58 bits per heavy atom. The van der Waals surface area contributed by atoms with Crippen LogP contribution in [0.4, 0.5) is 13.2 Å². The first-order valence-electron chi connectivity index (χ1n) is 7.93. The lowest BCUT2D eigenvalue weighted by Crippen LogP contribution is -2.57. The summed E-state index contributed by atoms with van der Waals surface area (Å²) in [6.07, 6.45) is 1.47. The zero-order valence-electron chi connectivity index (χ0n) is 14.2. The quantitative estimate of drug-likeness (QED) is 0.442. The Hall–Kier alpha value is -1.94. The maximum Gasteiger partial charge on any atom is 0.446 e. The molecule has 1 aliphatic heterocycles. The van der Waals surface area contributed by atoms with Crippen molar-refractivity contribution in [1.29, 1.82) is 0 Å². The number of hydroxylamine groups is 1. The number of ether oxygens (including phenoxy) is 1. The number of rotatable bonds is 6. The first-order chi connectivity index (χ1) is 12.2. The van der Waals surface area contributed by atoms with Crippen LogP contribution in [0.25, 0.3) is 0 Å². The highest BCUT2D eigenvalue weighted by atomic mass is 32.2. The van der Waals surface area contributed by atoms with Crippen molar-refractivity contribution in [2.75, 3.05) is 13.7 Å². The van der Waals surface area contributed by atoms with Gasteiger partial charge in [-0.25, -0.2) is 5.48 Å². The van der Waals surface area contributed by atoms with Gasteiger partial charge in [0.05, 0.1) is 12.0 Å². The fraction of sp³-hybridized carbons (Fsp3) is 0.500. The average molecular weight is 392 g/mol. The Balaban J connectivity index is 2.41. The average Bonchev–Trinajstić information content (AvgIpc) is 2.52. The summed E-state index contributed by atoms with van der Waals surface area (Å²) < 4.78 is 43.8. The molecule has 6 nitrogen and oxygen atoms in total. The Morgan fingerprint density at radius 2 is 2.12 bits per heavy atom. The molecule has 0 spiro atoms. The molecule has 1 saturated heterocycles. The van der Waals surface area contributed by atoms with Gasteiger partial charge in [-0.3, -0.25) is 14.8 Å². The number of halogens is 3. The molecule has 26 heavy (non-hydrogen) atoms. The maximum absolute atomic E-state index is 12.9. The number of carbonyl (C=O) groups is 2. The predicted molar refractivity (Wildman–Crippen MR) is 88.3 cm³/mol. The standard InChI is InChI=1S/C16H19F3N2O4S/c1-3-4-9-7-10(8-12(13(9)25-2)26-16(17,18)19)15(23)21-6-5-11(21)14(22)20-24/h7-8,11,24H,3-6H2,1-2H3,(H,20,22)/t11-/m1/s1. The highest BCUT2D eigenvalue weighted by molar-refractivity contribution is 8.00. The van der Waals surface area contributed by atoms with E-state index in [0.717, 1.165) is 6.07 Å². The minimum Gasteiger partial charge on any atom is -0.495 e. The SMILES string of the molecule is CCCc1cc(C(=O)N2CC[C@@H]2C(=O)NO)cc(SC(F)(F)F)c1OC. The maximum atomic E-state index is 12.9. The second-order valence-corrected chi connectivity index (χ2v) is 6.85. The van der Waals surface area contributed by atoms with Crippen molar-refractivity contribution < 1.29 is 32.7 Å². The third kappa shape index (κ3) is 4.42. The fourth-order valence-electron chi connectivity index (χ4n) is 2.81. The van der Waals surface area contributed by atoms with Gasteiger partial charge in [-0.1, -0.05) is 13.3 Å². The third-order valence-electron chi connectivity index (χ3n) is 4.02. The van der Waals surface area contributed by atoms with Crippen LogP contribution >= 0.6 is 11.8 Å². The molecule has 2 N–H and O–H groups in total. The molecule has 0 radical (unpaired) electrons. The molecule has 1 fully saturated rings. The third-order valence-corrected chi connectivity index (χ3v) is 4.78. The van der Waals surface area contributed by atoms with Crippen LogP contribution in [0.3, 0.4) is 0 Å². The van der Waals surface area contributed by atoms with Crippen LogP contribution in [-0.4, -0.2) is 47.1 Å². The van der Waals surface area contributed by atoms with Crippen LogP contribution in [0, 0.1) is 0 Å². The molecule has 2 amide bonds. The van der Waals surface area contributed by atoms with Gasteiger partial charge in [0, 0.05) is 12.1 Å². The number of thioether (sulfide) groups is 1. The number of alkyl halides is 3. The van der Waals surface area contributed by atoms with Crippen molar-refractivity contribution in [1.82, 2.24) is 10.4 Å². The summed E-state index contributed by atoms with van der Waals surface area (Å²) in [6, 6.07) is 1.80. The summed E-state index contributed by atoms with van der Waals surface area (Å²) in [4.78, 5) is 25.2. The minimum atomic E-state index is -4.53. The molecule has 1 aromatic rings. The molecule has 0 saturated carbocycles. The fourth-order valence-corrected chi connectivity index (χ4v) is 3.56. The first-order valence-corrected chi connectivity index (χ1v) is 8.75. The second-order valence-electron chi connectivity index (χ2n) is 5.74. The smallest absolute Gasteiger partial charge is 0.446 e. The van der Waals surface area contributed by atoms with E-state index in [0.29, 0.717) is 24.8 Å². The number of hydrogen-bond acceptors (Lipinski definition) is 5. The molecule has 144 valence electrons. The number of methoxy groups -OCH3 is 1. The van der Waals surface area contributed by atoms with E-state index in [2.05, 4.69) is 0 Å². The van der Waals surface area contributed by atoms with Gasteiger partial charge < -0.3 is 9.64 Å². The minimum absolute atomic E-state index is 0.0523. The van der Waals surface area contributed by atoms with Crippen molar-refractivity contribution >= 4 is 23.6 Å². The molecule has 0 bridgehead atoms. The van der Waals surface area contributed by atoms with Gasteiger partial charge in [-0.05, 0) is 42.3 Å². The number of amides is 2. The summed E-state index contributed by atoms with van der Waals surface area (Å²) in [5.41, 5.74) is -2.49. The van der Waals surface area contributed by atoms with E-state index in [1.165, 1.54) is 23.6 Å². The lowest BCUT2D eigenvalue weighted by atomic mass is 9.98. The normalized spacial score (nSPS) is 16.8. The largest absolute Gasteiger partial charge is 0.495 e. The molecule has 1 heterocycles. The monoisotopic (exact) mass is 392 g/mol. The zero-order valence-corrected chi connectivity index (χ0v) is 15.0. The second kappa shape index (κ2) is 8.17. The van der Waals surface area contributed by atoms with Gasteiger partial charge in [0.15, 0.2) is 0 Å². The molecule has 0 aliphatic carbocycles. The Bertz CT molecular complexity index is 697. The Kier molecular flexibility index (Phi) is 6.40. The molecule has 1 aliphatic rings. The van der Waals surface area contributed by atoms with Gasteiger partial charge in [0.25, 0.3) is 11.8 Å². The summed E-state index contributed by atoms with van der Waals surface area (Å²) in [6.45, 7) is 2.15. The molecule has 1 aromatic carbocycles. The number of nitrogens with one attached hydrogen (secondary N) is 1. The van der Waals surface area contributed by atoms with Gasteiger partial charge in [0.2, 0.25) is 0 Å². The molecule has 0 aromatic heterocycles. The van der Waals surface area contributed by atoms with Crippen LogP contribution in [0.15, 0.2) is 17.0 Å². The summed E-state index contributed by atoms with van der Waals surface area (Å²) in [5, 5.41) is 8.71. The number of carbonyl (C=O) groups excluding carboxylic acids is 2. The Morgan fingerprint density at radius 1 is 1.42 bits per heavy atom. The predicted octanol–water partition coefficient (Wildman–Crippen LogP) is 2.98. The van der Waals surface area contributed by atoms with Gasteiger partial charge in [-0.15, -0.1) is 0 Å². The van der Waals surface area contributed by atoms with E-state index in [9.17, 15) is 22.8 Å². The molecular weight excluding hydrogens is 373 g/mol. The van der Waals surface area contributed by atoms with Crippen molar-refractivity contribution in [3.8, 4) is 5.75 Å². The number of nitrogens with zero attached hydrogens (tertiary/aromatic N) is 1. The van der Waals surface area contributed by atoms with E-state index in [-0.39, 0.29) is 34.5 Å². The van der Waals surface area contributed by atoms with Crippen molar-refractivity contribution in [2.45, 2.75) is 42.6 Å². The summed E-state index contributed by atoms with van der Waals surface area (Å²) in [7, 11) is 1.29. The number of benzene rings is 1. The molecule has 1 atom stereocenters. The topological polar surface area (TPSA) is 78.9 Å². The van der Waals surface area contributed by atoms with Crippen LogP contribution in [0.5, 0.6) is 5.75 Å². The van der Waals surface area contributed by atoms with E-state index >= 15 is 0 Å². The summed E-state index contributed by atoms with van der Waals surface area (Å²) >= 11 is -0.343. The first kappa shape index (κ1) is 20.4. The Labute approximate surface area is 152 Å². The summed E-state index contributed by atoms with van der Waals surface area (Å²) in [5.74, 6) is -1.19. The number of aryl methyl sites for hydroxylation is 1. The van der Waals surface area contributed by atoms with Crippen LogP contribution in [0.2, 0.25) is 0 Å². The van der Waals surface area contributed by atoms with E-state index < -0.39 is 23.4 Å². The lowest BCUT2D eigenvalue weighted by molar-refractivity contribution is -0.137. The highest BCUT2D eigenvalue weighted by Gasteiger charge is 2.39. The number of likely N-dealkylation sites (tertiary alicyclic amines) is 1. The van der Waals surface area contributed by atoms with Gasteiger partial charge >= 0.3 is 5.51 Å². The molecule has 0 unspecified atom stereocenters. The molecular formula is C16H19F3N2O4S. The van der Waals surface area contributed by atoms with Gasteiger partial charge in [-0.2, -0.15) is 13.2 Å². The van der Waals surface area contributed by atoms with Gasteiger partial charge in [0.1, 0.15) is 11.8 Å². The highest BCUT2D eigenvalue weighted by Crippen LogP contribution is 2.44. The lowest BCUT2D eigenvalue weighted by Gasteiger charge is -2.39. The number of hydrogen-bond donors (Lipinski definition) is 2. The van der Waals surface area contributed by atoms with Crippen molar-refractivity contribution in [3.63, 3.8) is 0 Å².